The second kappa shape index (κ2) is 8.49. The fraction of sp³-hybridized carbons (Fsp3) is 0.688. The van der Waals surface area contributed by atoms with Crippen LogP contribution >= 0.6 is 0 Å². The number of hydrogen-bond acceptors (Lipinski definition) is 2. The lowest BCUT2D eigenvalue weighted by atomic mass is 9.93. The summed E-state index contributed by atoms with van der Waals surface area (Å²) in [6.45, 7) is 18.2. The fourth-order valence-electron chi connectivity index (χ4n) is 2.38. The molecule has 110 valence electrons. The van der Waals surface area contributed by atoms with E-state index in [-0.39, 0.29) is 17.8 Å². The molecule has 0 rings (SSSR count). The molecule has 0 aliphatic carbocycles. The molecule has 0 saturated carbocycles. The van der Waals surface area contributed by atoms with Gasteiger partial charge in [-0.25, -0.2) is 0 Å². The molecule has 0 saturated heterocycles. The van der Waals surface area contributed by atoms with Gasteiger partial charge in [0.2, 0.25) is 0 Å². The van der Waals surface area contributed by atoms with Crippen molar-refractivity contribution in [3.63, 3.8) is 0 Å². The Morgan fingerprint density at radius 2 is 1.68 bits per heavy atom. The van der Waals surface area contributed by atoms with Gasteiger partial charge in [-0.15, -0.1) is 0 Å². The molecule has 0 aliphatic heterocycles. The van der Waals surface area contributed by atoms with Crippen LogP contribution in [0.4, 0.5) is 0 Å². The van der Waals surface area contributed by atoms with E-state index in [0.29, 0.717) is 6.42 Å². The monoisotopic (exact) mass is 282 g/mol. The smallest absolute Gasteiger partial charge is 0.192 e. The summed E-state index contributed by atoms with van der Waals surface area (Å²) in [5, 5.41) is 0. The highest BCUT2D eigenvalue weighted by molar-refractivity contribution is 6.73. The molecule has 0 N–H and O–H groups in total. The van der Waals surface area contributed by atoms with Gasteiger partial charge < -0.3 is 4.43 Å². The van der Waals surface area contributed by atoms with Crippen molar-refractivity contribution in [3.05, 3.63) is 24.8 Å². The molecule has 0 amide bonds. The van der Waals surface area contributed by atoms with Crippen molar-refractivity contribution in [2.24, 2.45) is 5.92 Å². The summed E-state index contributed by atoms with van der Waals surface area (Å²) in [5.74, 6) is 0.103. The van der Waals surface area contributed by atoms with Crippen LogP contribution in [0.15, 0.2) is 24.8 Å². The molecule has 0 unspecified atom stereocenters. The molecule has 19 heavy (non-hydrogen) atoms. The maximum absolute atomic E-state index is 12.0. The van der Waals surface area contributed by atoms with Gasteiger partial charge in [0.15, 0.2) is 8.32 Å². The fourth-order valence-corrected chi connectivity index (χ4v) is 5.27. The minimum absolute atomic E-state index is 0.132. The minimum atomic E-state index is -1.74. The van der Waals surface area contributed by atoms with Gasteiger partial charge in [0.1, 0.15) is 5.78 Å². The maximum Gasteiger partial charge on any atom is 0.192 e. The van der Waals surface area contributed by atoms with Crippen LogP contribution in [-0.4, -0.2) is 20.2 Å². The van der Waals surface area contributed by atoms with Crippen LogP contribution in [0.2, 0.25) is 18.1 Å². The second-order valence-electron chi connectivity index (χ2n) is 5.17. The maximum atomic E-state index is 12.0. The second-order valence-corrected chi connectivity index (χ2v) is 9.89. The van der Waals surface area contributed by atoms with E-state index in [4.69, 9.17) is 4.43 Å². The van der Waals surface area contributed by atoms with Gasteiger partial charge in [-0.05, 0) is 23.7 Å². The summed E-state index contributed by atoms with van der Waals surface area (Å²) in [7, 11) is -1.74. The van der Waals surface area contributed by atoms with Gasteiger partial charge in [-0.2, -0.15) is 0 Å². The summed E-state index contributed by atoms with van der Waals surface area (Å²) in [6.07, 6.45) is 2.07. The molecule has 0 fully saturated rings. The first-order valence-corrected chi connectivity index (χ1v) is 9.95. The van der Waals surface area contributed by atoms with Crippen molar-refractivity contribution in [2.75, 3.05) is 0 Å². The van der Waals surface area contributed by atoms with Crippen LogP contribution in [0.1, 0.15) is 41.0 Å². The average Bonchev–Trinajstić information content (AvgIpc) is 2.47. The molecule has 0 aliphatic rings. The van der Waals surface area contributed by atoms with Crippen molar-refractivity contribution in [2.45, 2.75) is 65.3 Å². The lowest BCUT2D eigenvalue weighted by molar-refractivity contribution is -0.124. The minimum Gasteiger partial charge on any atom is -0.409 e. The Balaban J connectivity index is 5.21. The first kappa shape index (κ1) is 18.3. The van der Waals surface area contributed by atoms with E-state index in [2.05, 4.69) is 33.9 Å². The normalized spacial score (nSPS) is 14.8. The Kier molecular flexibility index (Phi) is 8.19. The Bertz CT molecular complexity index is 310. The van der Waals surface area contributed by atoms with Gasteiger partial charge in [0.25, 0.3) is 0 Å². The van der Waals surface area contributed by atoms with E-state index in [0.717, 1.165) is 23.7 Å². The Morgan fingerprint density at radius 3 is 2.00 bits per heavy atom. The largest absolute Gasteiger partial charge is 0.409 e. The lowest BCUT2D eigenvalue weighted by Gasteiger charge is -2.36. The van der Waals surface area contributed by atoms with Crippen LogP contribution in [0.25, 0.3) is 0 Å². The molecular formula is C16H30O2Si. The van der Waals surface area contributed by atoms with Gasteiger partial charge in [0, 0.05) is 12.3 Å². The molecule has 0 aromatic rings. The highest BCUT2D eigenvalue weighted by Gasteiger charge is 2.36. The number of hydrogen-bond donors (Lipinski definition) is 0. The Labute approximate surface area is 120 Å². The summed E-state index contributed by atoms with van der Waals surface area (Å²) < 4.78 is 6.47. The summed E-state index contributed by atoms with van der Waals surface area (Å²) in [4.78, 5) is 12.0. The van der Waals surface area contributed by atoms with E-state index in [1.165, 1.54) is 0 Å². The molecule has 0 aromatic heterocycles. The van der Waals surface area contributed by atoms with E-state index < -0.39 is 8.32 Å². The van der Waals surface area contributed by atoms with Crippen LogP contribution in [0.5, 0.6) is 0 Å². The van der Waals surface area contributed by atoms with Crippen LogP contribution in [0, 0.1) is 5.92 Å². The Morgan fingerprint density at radius 1 is 1.21 bits per heavy atom. The van der Waals surface area contributed by atoms with E-state index in [1.807, 2.05) is 13.8 Å². The van der Waals surface area contributed by atoms with Gasteiger partial charge in [-0.3, -0.25) is 4.79 Å². The van der Waals surface area contributed by atoms with Gasteiger partial charge in [-0.1, -0.05) is 53.9 Å². The van der Waals surface area contributed by atoms with Crippen molar-refractivity contribution in [1.82, 2.24) is 0 Å². The zero-order valence-electron chi connectivity index (χ0n) is 13.3. The molecule has 0 spiro atoms. The van der Waals surface area contributed by atoms with Crippen LogP contribution < -0.4 is 0 Å². The summed E-state index contributed by atoms with van der Waals surface area (Å²) >= 11 is 0. The standard InChI is InChI=1S/C16H30O2Si/c1-8-13(6)16(14(7)15(17)9-2)18-19(10-3,11-4)12-5/h8,14,16H,1,6,9-12H2,2-5,7H3/t14-,16-/m0/s1. The molecule has 2 nitrogen and oxygen atoms in total. The number of carbonyl (C=O) groups is 1. The number of rotatable bonds is 10. The van der Waals surface area contributed by atoms with Crippen molar-refractivity contribution in [3.8, 4) is 0 Å². The first-order valence-electron chi connectivity index (χ1n) is 7.43. The molecule has 0 heterocycles. The SMILES string of the molecule is C=CC(=C)[C@H](O[Si](CC)(CC)CC)[C@@H](C)C(=O)CC. The van der Waals surface area contributed by atoms with Crippen molar-refractivity contribution >= 4 is 14.1 Å². The third kappa shape index (κ3) is 4.73. The predicted molar refractivity (Wildman–Crippen MR) is 85.9 cm³/mol. The number of ketones is 1. The number of Topliss-reactive ketones (excluding diaryl/α,β-unsaturated/α-hetero) is 1. The van der Waals surface area contributed by atoms with E-state index in [1.54, 1.807) is 6.08 Å². The third-order valence-electron chi connectivity index (χ3n) is 4.25. The molecule has 0 bridgehead atoms. The highest BCUT2D eigenvalue weighted by atomic mass is 28.4. The Hall–Kier alpha value is -0.673. The lowest BCUT2D eigenvalue weighted by Crippen LogP contribution is -2.44. The quantitative estimate of drug-likeness (QED) is 0.427. The summed E-state index contributed by atoms with van der Waals surface area (Å²) in [6, 6.07) is 3.23. The third-order valence-corrected chi connectivity index (χ3v) is 8.87. The molecule has 0 radical (unpaired) electrons. The highest BCUT2D eigenvalue weighted by Crippen LogP contribution is 2.29. The van der Waals surface area contributed by atoms with Crippen molar-refractivity contribution < 1.29 is 9.22 Å². The molecular weight excluding hydrogens is 252 g/mol. The molecule has 0 aromatic carbocycles. The van der Waals surface area contributed by atoms with Gasteiger partial charge >= 0.3 is 0 Å². The van der Waals surface area contributed by atoms with Gasteiger partial charge in [0.05, 0.1) is 6.10 Å². The summed E-state index contributed by atoms with van der Waals surface area (Å²) in [5.41, 5.74) is 0.835. The molecule has 3 heteroatoms. The average molecular weight is 282 g/mol. The van der Waals surface area contributed by atoms with E-state index >= 15 is 0 Å². The first-order chi connectivity index (χ1) is 8.91. The zero-order chi connectivity index (χ0) is 15.1. The number of carbonyl (C=O) groups excluding carboxylic acids is 1. The van der Waals surface area contributed by atoms with E-state index in [9.17, 15) is 4.79 Å². The topological polar surface area (TPSA) is 26.3 Å². The van der Waals surface area contributed by atoms with Crippen molar-refractivity contribution in [1.29, 1.82) is 0 Å². The zero-order valence-corrected chi connectivity index (χ0v) is 14.3. The van der Waals surface area contributed by atoms with Crippen LogP contribution in [0.3, 0.4) is 0 Å². The molecule has 2 atom stereocenters. The predicted octanol–water partition coefficient (Wildman–Crippen LogP) is 4.73. The van der Waals surface area contributed by atoms with Crippen LogP contribution in [-0.2, 0) is 9.22 Å².